The highest BCUT2D eigenvalue weighted by atomic mass is 127. The van der Waals surface area contributed by atoms with Crippen LogP contribution in [0.3, 0.4) is 0 Å². The fourth-order valence-corrected chi connectivity index (χ4v) is 3.37. The Morgan fingerprint density at radius 3 is 3.00 bits per heavy atom. The first-order chi connectivity index (χ1) is 14.3. The average Bonchev–Trinajstić information content (AvgIpc) is 3.50. The molecular formula is C19H28IN9O. The van der Waals surface area contributed by atoms with Crippen LogP contribution in [0.5, 0.6) is 0 Å². The van der Waals surface area contributed by atoms with Crippen molar-refractivity contribution in [2.75, 3.05) is 19.7 Å². The summed E-state index contributed by atoms with van der Waals surface area (Å²) in [4.78, 5) is 4.71. The van der Waals surface area contributed by atoms with Crippen LogP contribution in [-0.2, 0) is 24.2 Å². The smallest absolute Gasteiger partial charge is 0.191 e. The minimum absolute atomic E-state index is 0. The van der Waals surface area contributed by atoms with E-state index in [2.05, 4.69) is 42.5 Å². The van der Waals surface area contributed by atoms with Crippen LogP contribution in [0.1, 0.15) is 31.4 Å². The summed E-state index contributed by atoms with van der Waals surface area (Å²) in [5, 5.41) is 23.3. The van der Waals surface area contributed by atoms with Gasteiger partial charge in [0, 0.05) is 38.9 Å². The maximum atomic E-state index is 5.71. The van der Waals surface area contributed by atoms with Gasteiger partial charge in [-0.15, -0.1) is 44.4 Å². The van der Waals surface area contributed by atoms with Gasteiger partial charge in [0.05, 0.1) is 6.10 Å². The molecule has 0 aromatic carbocycles. The van der Waals surface area contributed by atoms with Crippen molar-refractivity contribution in [2.24, 2.45) is 4.99 Å². The second-order valence-electron chi connectivity index (χ2n) is 6.95. The molecule has 162 valence electrons. The van der Waals surface area contributed by atoms with E-state index in [-0.39, 0.29) is 30.1 Å². The third kappa shape index (κ3) is 5.65. The number of guanidine groups is 1. The number of ether oxygens (including phenoxy) is 1. The molecule has 11 heteroatoms. The van der Waals surface area contributed by atoms with Crippen LogP contribution in [-0.4, -0.2) is 61.1 Å². The molecule has 1 atom stereocenters. The summed E-state index contributed by atoms with van der Waals surface area (Å²) in [5.41, 5.74) is 0.819. The van der Waals surface area contributed by atoms with Crippen molar-refractivity contribution < 1.29 is 4.74 Å². The summed E-state index contributed by atoms with van der Waals surface area (Å²) in [7, 11) is 0. The van der Waals surface area contributed by atoms with E-state index in [1.165, 1.54) is 0 Å². The Morgan fingerprint density at radius 2 is 2.17 bits per heavy atom. The van der Waals surface area contributed by atoms with Gasteiger partial charge in [0.2, 0.25) is 0 Å². The van der Waals surface area contributed by atoms with Gasteiger partial charge in [0.25, 0.3) is 0 Å². The van der Waals surface area contributed by atoms with Crippen molar-refractivity contribution in [1.29, 1.82) is 0 Å². The second-order valence-corrected chi connectivity index (χ2v) is 6.95. The Hall–Kier alpha value is -2.28. The first kappa shape index (κ1) is 22.4. The fraction of sp³-hybridized carbons (Fsp3) is 0.526. The standard InChI is InChI=1S/C19H27N9O.HI/c1-2-16-24-23-14-27(16)10-8-20-19(21-12-15-6-5-11-29-15)22-13-18-26-25-17-7-3-4-9-28(17)18;/h3-4,7,9,14-15H,2,5-6,8,10-13H2,1H3,(H2,20,21,22);1H. The summed E-state index contributed by atoms with van der Waals surface area (Å²) in [6.45, 7) is 5.56. The van der Waals surface area contributed by atoms with Gasteiger partial charge in [-0.05, 0) is 25.0 Å². The lowest BCUT2D eigenvalue weighted by Crippen LogP contribution is -2.42. The highest BCUT2D eigenvalue weighted by molar-refractivity contribution is 14.0. The number of aliphatic imine (C=N–C) groups is 1. The molecule has 30 heavy (non-hydrogen) atoms. The van der Waals surface area contributed by atoms with Crippen LogP contribution in [0.15, 0.2) is 35.7 Å². The van der Waals surface area contributed by atoms with Crippen molar-refractivity contribution in [3.8, 4) is 0 Å². The van der Waals surface area contributed by atoms with E-state index in [1.54, 1.807) is 6.33 Å². The predicted molar refractivity (Wildman–Crippen MR) is 124 cm³/mol. The molecule has 0 radical (unpaired) electrons. The summed E-state index contributed by atoms with van der Waals surface area (Å²) >= 11 is 0. The van der Waals surface area contributed by atoms with Crippen LogP contribution < -0.4 is 10.6 Å². The second kappa shape index (κ2) is 11.2. The van der Waals surface area contributed by atoms with Gasteiger partial charge in [-0.2, -0.15) is 0 Å². The number of nitrogens with one attached hydrogen (secondary N) is 2. The molecule has 1 aliphatic heterocycles. The Bertz CT molecular complexity index is 948. The Morgan fingerprint density at radius 1 is 1.23 bits per heavy atom. The van der Waals surface area contributed by atoms with E-state index in [0.29, 0.717) is 13.1 Å². The number of aromatic nitrogens is 6. The molecule has 0 spiro atoms. The van der Waals surface area contributed by atoms with Gasteiger partial charge >= 0.3 is 0 Å². The van der Waals surface area contributed by atoms with Gasteiger partial charge in [0.1, 0.15) is 18.7 Å². The predicted octanol–water partition coefficient (Wildman–Crippen LogP) is 1.42. The van der Waals surface area contributed by atoms with Crippen LogP contribution in [0, 0.1) is 0 Å². The molecule has 4 rings (SSSR count). The number of hydrogen-bond donors (Lipinski definition) is 2. The Balaban J connectivity index is 0.00000256. The lowest BCUT2D eigenvalue weighted by molar-refractivity contribution is 0.114. The normalized spacial score (nSPS) is 16.6. The van der Waals surface area contributed by atoms with E-state index in [0.717, 1.165) is 62.2 Å². The summed E-state index contributed by atoms with van der Waals surface area (Å²) in [6, 6.07) is 5.84. The molecule has 1 fully saturated rings. The Kier molecular flexibility index (Phi) is 8.37. The summed E-state index contributed by atoms with van der Waals surface area (Å²) in [5.74, 6) is 2.51. The number of pyridine rings is 1. The van der Waals surface area contributed by atoms with Gasteiger partial charge < -0.3 is 19.9 Å². The van der Waals surface area contributed by atoms with E-state index in [1.807, 2.05) is 28.8 Å². The van der Waals surface area contributed by atoms with Crippen LogP contribution in [0.4, 0.5) is 0 Å². The lowest BCUT2D eigenvalue weighted by Gasteiger charge is -2.16. The van der Waals surface area contributed by atoms with Crippen molar-refractivity contribution in [1.82, 2.24) is 40.0 Å². The molecule has 0 bridgehead atoms. The number of nitrogens with zero attached hydrogens (tertiary/aromatic N) is 7. The third-order valence-electron chi connectivity index (χ3n) is 4.94. The highest BCUT2D eigenvalue weighted by Crippen LogP contribution is 2.10. The zero-order chi connectivity index (χ0) is 19.9. The quantitative estimate of drug-likeness (QED) is 0.260. The maximum Gasteiger partial charge on any atom is 0.191 e. The van der Waals surface area contributed by atoms with Gasteiger partial charge in [0.15, 0.2) is 17.4 Å². The largest absolute Gasteiger partial charge is 0.376 e. The topological polar surface area (TPSA) is 107 Å². The van der Waals surface area contributed by atoms with E-state index >= 15 is 0 Å². The monoisotopic (exact) mass is 525 g/mol. The van der Waals surface area contributed by atoms with Crippen LogP contribution in [0.2, 0.25) is 0 Å². The van der Waals surface area contributed by atoms with Gasteiger partial charge in [-0.25, -0.2) is 4.99 Å². The number of aryl methyl sites for hydroxylation is 1. The van der Waals surface area contributed by atoms with E-state index in [9.17, 15) is 0 Å². The average molecular weight is 525 g/mol. The van der Waals surface area contributed by atoms with Crippen LogP contribution in [0.25, 0.3) is 5.65 Å². The van der Waals surface area contributed by atoms with E-state index in [4.69, 9.17) is 9.73 Å². The molecule has 2 N–H and O–H groups in total. The molecule has 1 unspecified atom stereocenters. The zero-order valence-electron chi connectivity index (χ0n) is 17.1. The molecule has 1 saturated heterocycles. The summed E-state index contributed by atoms with van der Waals surface area (Å²) in [6.07, 6.45) is 7.00. The van der Waals surface area contributed by atoms with Crippen molar-refractivity contribution in [2.45, 2.75) is 45.4 Å². The molecule has 10 nitrogen and oxygen atoms in total. The molecule has 0 amide bonds. The van der Waals surface area contributed by atoms with E-state index < -0.39 is 0 Å². The highest BCUT2D eigenvalue weighted by Gasteiger charge is 2.15. The van der Waals surface area contributed by atoms with Gasteiger partial charge in [-0.1, -0.05) is 13.0 Å². The number of hydrogen-bond acceptors (Lipinski definition) is 6. The van der Waals surface area contributed by atoms with Crippen molar-refractivity contribution in [3.05, 3.63) is 42.4 Å². The number of halogens is 1. The number of rotatable bonds is 8. The van der Waals surface area contributed by atoms with Crippen LogP contribution >= 0.6 is 24.0 Å². The minimum atomic E-state index is 0. The molecule has 3 aromatic rings. The molecule has 1 aliphatic rings. The first-order valence-corrected chi connectivity index (χ1v) is 10.1. The first-order valence-electron chi connectivity index (χ1n) is 10.1. The number of fused-ring (bicyclic) bond motifs is 1. The minimum Gasteiger partial charge on any atom is -0.376 e. The third-order valence-corrected chi connectivity index (χ3v) is 4.94. The molecule has 0 saturated carbocycles. The summed E-state index contributed by atoms with van der Waals surface area (Å²) < 4.78 is 9.72. The molecular weight excluding hydrogens is 497 g/mol. The van der Waals surface area contributed by atoms with Gasteiger partial charge in [-0.3, -0.25) is 4.40 Å². The molecule has 4 heterocycles. The van der Waals surface area contributed by atoms with Crippen molar-refractivity contribution in [3.63, 3.8) is 0 Å². The van der Waals surface area contributed by atoms with Crippen molar-refractivity contribution >= 4 is 35.6 Å². The maximum absolute atomic E-state index is 5.71. The fourth-order valence-electron chi connectivity index (χ4n) is 3.37. The zero-order valence-corrected chi connectivity index (χ0v) is 19.4. The lowest BCUT2D eigenvalue weighted by atomic mass is 10.2. The molecule has 0 aliphatic carbocycles. The molecule has 3 aromatic heterocycles. The SMILES string of the molecule is CCc1nncn1CCNC(=NCc1nnc2ccccn12)NCC1CCCO1.I. The Labute approximate surface area is 192 Å².